The van der Waals surface area contributed by atoms with Crippen LogP contribution in [0.15, 0.2) is 48.5 Å². The fourth-order valence-electron chi connectivity index (χ4n) is 2.39. The summed E-state index contributed by atoms with van der Waals surface area (Å²) < 4.78 is 42.8. The number of aliphatic hydroxyl groups is 1. The molecule has 0 heterocycles. The number of hydrogen-bond acceptors (Lipinski definition) is 4. The third-order valence-corrected chi connectivity index (χ3v) is 3.89. The first-order valence-electron chi connectivity index (χ1n) is 8.23. The average Bonchev–Trinajstić information content (AvgIpc) is 2.65. The first-order valence-corrected chi connectivity index (χ1v) is 8.23. The van der Waals surface area contributed by atoms with Gasteiger partial charge in [0.1, 0.15) is 18.5 Å². The molecule has 0 aliphatic heterocycles. The highest BCUT2D eigenvalue weighted by atomic mass is 35.5. The van der Waals surface area contributed by atoms with Gasteiger partial charge in [0.25, 0.3) is 5.91 Å². The predicted molar refractivity (Wildman–Crippen MR) is 101 cm³/mol. The number of hydrogen-bond donors (Lipinski definition) is 2. The highest BCUT2D eigenvalue weighted by Gasteiger charge is 2.30. The Bertz CT molecular complexity index is 753. The Morgan fingerprint density at radius 3 is 2.21 bits per heavy atom. The van der Waals surface area contributed by atoms with Crippen molar-refractivity contribution >= 4 is 18.3 Å². The molecular weight excluding hydrogens is 397 g/mol. The number of amides is 1. The van der Waals surface area contributed by atoms with Crippen LogP contribution in [0, 0.1) is 0 Å². The van der Waals surface area contributed by atoms with Crippen LogP contribution in [-0.4, -0.2) is 42.2 Å². The molecule has 2 aromatic carbocycles. The maximum atomic E-state index is 12.5. The zero-order valence-corrected chi connectivity index (χ0v) is 16.0. The Hall–Kier alpha value is -2.29. The number of nitrogens with two attached hydrogens (primary N) is 1. The molecule has 1 unspecified atom stereocenters. The standard InChI is InChI=1S/C19H21F3N2O3.ClH/c1-24(18(26)14-4-2-13(10-23)3-5-14)11-16(25)12-27-17-8-6-15(7-9-17)19(20,21)22;/h2-9,16,25H,10-12,23H2,1H3;1H. The van der Waals surface area contributed by atoms with Gasteiger partial charge in [0.2, 0.25) is 0 Å². The lowest BCUT2D eigenvalue weighted by molar-refractivity contribution is -0.137. The van der Waals surface area contributed by atoms with Crippen LogP contribution < -0.4 is 10.5 Å². The Balaban J connectivity index is 0.00000392. The molecule has 0 fully saturated rings. The molecule has 0 saturated heterocycles. The fraction of sp³-hybridized carbons (Fsp3) is 0.316. The van der Waals surface area contributed by atoms with Gasteiger partial charge in [0.05, 0.1) is 5.56 Å². The molecule has 5 nitrogen and oxygen atoms in total. The molecule has 0 spiro atoms. The monoisotopic (exact) mass is 418 g/mol. The summed E-state index contributed by atoms with van der Waals surface area (Å²) in [4.78, 5) is 13.7. The van der Waals surface area contributed by atoms with Crippen molar-refractivity contribution in [3.63, 3.8) is 0 Å². The smallest absolute Gasteiger partial charge is 0.416 e. The molecule has 2 aromatic rings. The topological polar surface area (TPSA) is 75.8 Å². The van der Waals surface area contributed by atoms with Gasteiger partial charge in [-0.25, -0.2) is 0 Å². The number of benzene rings is 2. The van der Waals surface area contributed by atoms with Gasteiger partial charge in [-0.2, -0.15) is 13.2 Å². The molecule has 0 aliphatic rings. The minimum absolute atomic E-state index is 0. The summed E-state index contributed by atoms with van der Waals surface area (Å²) in [6.07, 6.45) is -5.41. The fourth-order valence-corrected chi connectivity index (χ4v) is 2.39. The van der Waals surface area contributed by atoms with Crippen molar-refractivity contribution in [2.24, 2.45) is 5.73 Å². The van der Waals surface area contributed by atoms with Crippen molar-refractivity contribution in [3.05, 3.63) is 65.2 Å². The molecule has 154 valence electrons. The van der Waals surface area contributed by atoms with E-state index < -0.39 is 17.8 Å². The van der Waals surface area contributed by atoms with E-state index in [0.717, 1.165) is 17.7 Å². The highest BCUT2D eigenvalue weighted by Crippen LogP contribution is 2.30. The largest absolute Gasteiger partial charge is 0.491 e. The van der Waals surface area contributed by atoms with Gasteiger partial charge in [-0.15, -0.1) is 12.4 Å². The quantitative estimate of drug-likeness (QED) is 0.724. The van der Waals surface area contributed by atoms with E-state index in [-0.39, 0.29) is 37.2 Å². The lowest BCUT2D eigenvalue weighted by Crippen LogP contribution is -2.37. The van der Waals surface area contributed by atoms with Gasteiger partial charge in [-0.05, 0) is 42.0 Å². The minimum Gasteiger partial charge on any atom is -0.491 e. The second-order valence-electron chi connectivity index (χ2n) is 6.07. The van der Waals surface area contributed by atoms with Crippen molar-refractivity contribution in [2.45, 2.75) is 18.8 Å². The predicted octanol–water partition coefficient (Wildman–Crippen LogP) is 3.10. The van der Waals surface area contributed by atoms with Crippen molar-refractivity contribution in [2.75, 3.05) is 20.2 Å². The molecule has 0 aliphatic carbocycles. The molecule has 0 saturated carbocycles. The van der Waals surface area contributed by atoms with E-state index >= 15 is 0 Å². The number of carbonyl (C=O) groups is 1. The maximum Gasteiger partial charge on any atom is 0.416 e. The van der Waals surface area contributed by atoms with Gasteiger partial charge < -0.3 is 20.5 Å². The van der Waals surface area contributed by atoms with E-state index in [1.54, 1.807) is 31.3 Å². The minimum atomic E-state index is -4.41. The molecule has 1 atom stereocenters. The number of carbonyl (C=O) groups excluding carboxylic acids is 1. The van der Waals surface area contributed by atoms with Gasteiger partial charge in [0.15, 0.2) is 0 Å². The molecule has 1 amide bonds. The van der Waals surface area contributed by atoms with Crippen LogP contribution in [0.2, 0.25) is 0 Å². The second-order valence-corrected chi connectivity index (χ2v) is 6.07. The van der Waals surface area contributed by atoms with E-state index in [1.807, 2.05) is 0 Å². The second kappa shape index (κ2) is 10.3. The first kappa shape index (κ1) is 23.7. The van der Waals surface area contributed by atoms with E-state index in [0.29, 0.717) is 12.1 Å². The van der Waals surface area contributed by atoms with Gasteiger partial charge in [-0.3, -0.25) is 4.79 Å². The Kier molecular flexibility index (Phi) is 8.74. The van der Waals surface area contributed by atoms with Crippen LogP contribution in [0.25, 0.3) is 0 Å². The van der Waals surface area contributed by atoms with Gasteiger partial charge >= 0.3 is 6.18 Å². The summed E-state index contributed by atoms with van der Waals surface area (Å²) in [6, 6.07) is 11.0. The first-order chi connectivity index (χ1) is 12.7. The van der Waals surface area contributed by atoms with Crippen LogP contribution in [-0.2, 0) is 12.7 Å². The number of rotatable bonds is 7. The summed E-state index contributed by atoms with van der Waals surface area (Å²) in [7, 11) is 1.54. The number of ether oxygens (including phenoxy) is 1. The van der Waals surface area contributed by atoms with E-state index in [2.05, 4.69) is 0 Å². The third kappa shape index (κ3) is 6.70. The van der Waals surface area contributed by atoms with Crippen molar-refractivity contribution in [3.8, 4) is 5.75 Å². The Morgan fingerprint density at radius 1 is 1.14 bits per heavy atom. The number of halogens is 4. The van der Waals surface area contributed by atoms with Crippen LogP contribution in [0.4, 0.5) is 13.2 Å². The number of alkyl halides is 3. The van der Waals surface area contributed by atoms with Crippen molar-refractivity contribution in [1.29, 1.82) is 0 Å². The van der Waals surface area contributed by atoms with E-state index in [4.69, 9.17) is 10.5 Å². The normalized spacial score (nSPS) is 12.1. The molecule has 0 aromatic heterocycles. The van der Waals surface area contributed by atoms with Gasteiger partial charge in [-0.1, -0.05) is 12.1 Å². The van der Waals surface area contributed by atoms with Gasteiger partial charge in [0, 0.05) is 25.7 Å². The maximum absolute atomic E-state index is 12.5. The zero-order chi connectivity index (χ0) is 20.0. The zero-order valence-electron chi connectivity index (χ0n) is 15.1. The van der Waals surface area contributed by atoms with E-state index in [9.17, 15) is 23.1 Å². The molecule has 2 rings (SSSR count). The van der Waals surface area contributed by atoms with Crippen LogP contribution in [0.3, 0.4) is 0 Å². The summed E-state index contributed by atoms with van der Waals surface area (Å²) in [6.45, 7) is 0.234. The third-order valence-electron chi connectivity index (χ3n) is 3.89. The van der Waals surface area contributed by atoms with Crippen molar-refractivity contribution < 1.29 is 27.8 Å². The molecule has 28 heavy (non-hydrogen) atoms. The summed E-state index contributed by atoms with van der Waals surface area (Å²) in [5, 5.41) is 10.0. The molecular formula is C19H22ClF3N2O3. The lowest BCUT2D eigenvalue weighted by Gasteiger charge is -2.21. The Morgan fingerprint density at radius 2 is 1.71 bits per heavy atom. The summed E-state index contributed by atoms with van der Waals surface area (Å²) in [5.41, 5.74) is 6.10. The van der Waals surface area contributed by atoms with Crippen LogP contribution >= 0.6 is 12.4 Å². The van der Waals surface area contributed by atoms with Crippen LogP contribution in [0.1, 0.15) is 21.5 Å². The average molecular weight is 419 g/mol. The Labute approximate surface area is 167 Å². The van der Waals surface area contributed by atoms with Crippen LogP contribution in [0.5, 0.6) is 5.75 Å². The SMILES string of the molecule is CN(CC(O)COc1ccc(C(F)(F)F)cc1)C(=O)c1ccc(CN)cc1.Cl. The number of nitrogens with zero attached hydrogens (tertiary/aromatic N) is 1. The molecule has 0 bridgehead atoms. The molecule has 3 N–H and O–H groups in total. The summed E-state index contributed by atoms with van der Waals surface area (Å²) >= 11 is 0. The highest BCUT2D eigenvalue weighted by molar-refractivity contribution is 5.94. The molecule has 9 heteroatoms. The molecule has 0 radical (unpaired) electrons. The number of likely N-dealkylation sites (N-methyl/N-ethyl adjacent to an activating group) is 1. The number of aliphatic hydroxyl groups excluding tert-OH is 1. The van der Waals surface area contributed by atoms with Crippen molar-refractivity contribution in [1.82, 2.24) is 4.90 Å². The van der Waals surface area contributed by atoms with E-state index in [1.165, 1.54) is 17.0 Å². The summed E-state index contributed by atoms with van der Waals surface area (Å²) in [5.74, 6) is -0.0689. The lowest BCUT2D eigenvalue weighted by atomic mass is 10.1.